The molecule has 0 aromatic heterocycles. The smallest absolute Gasteiger partial charge is 0.247 e. The molecule has 1 heterocycles. The lowest BCUT2D eigenvalue weighted by Crippen LogP contribution is -2.63. The molecule has 1 amide bonds. The molecule has 3 nitrogen and oxygen atoms in total. The maximum atomic E-state index is 12.1. The van der Waals surface area contributed by atoms with E-state index >= 15 is 0 Å². The molecule has 0 saturated carbocycles. The van der Waals surface area contributed by atoms with Gasteiger partial charge in [0, 0.05) is 15.7 Å². The van der Waals surface area contributed by atoms with Crippen LogP contribution in [0.5, 0.6) is 0 Å². The van der Waals surface area contributed by atoms with Gasteiger partial charge in [-0.15, -0.1) is 0 Å². The van der Waals surface area contributed by atoms with Crippen molar-refractivity contribution in [3.05, 3.63) is 64.1 Å². The Kier molecular flexibility index (Phi) is 3.42. The number of hydrogen-bond donors (Lipinski definition) is 1. The largest absolute Gasteiger partial charge is 0.318 e. The Morgan fingerprint density at radius 3 is 2.35 bits per heavy atom. The van der Waals surface area contributed by atoms with Crippen molar-refractivity contribution >= 4 is 34.8 Å². The number of carbonyl (C=O) groups excluding carboxylic acids is 1. The molecule has 1 aliphatic rings. The number of nitrogens with two attached hydrogens (primary N) is 1. The number of anilines is 1. The van der Waals surface area contributed by atoms with Crippen molar-refractivity contribution in [1.29, 1.82) is 0 Å². The number of β-lactam (4-membered cyclic amide) rings is 1. The third-order valence-electron chi connectivity index (χ3n) is 3.44. The average Bonchev–Trinajstić information content (AvgIpc) is 2.45. The number of benzene rings is 2. The molecule has 0 aliphatic carbocycles. The monoisotopic (exact) mass is 306 g/mol. The molecule has 1 fully saturated rings. The van der Waals surface area contributed by atoms with E-state index in [1.807, 2.05) is 30.3 Å². The van der Waals surface area contributed by atoms with Gasteiger partial charge in [0.1, 0.15) is 6.04 Å². The van der Waals surface area contributed by atoms with Gasteiger partial charge in [-0.05, 0) is 42.0 Å². The van der Waals surface area contributed by atoms with Crippen LogP contribution in [-0.4, -0.2) is 11.9 Å². The van der Waals surface area contributed by atoms with Gasteiger partial charge in [0.25, 0.3) is 0 Å². The number of hydrogen-bond acceptors (Lipinski definition) is 2. The van der Waals surface area contributed by atoms with Crippen molar-refractivity contribution in [3.63, 3.8) is 0 Å². The summed E-state index contributed by atoms with van der Waals surface area (Å²) >= 11 is 11.9. The third kappa shape index (κ3) is 2.18. The summed E-state index contributed by atoms with van der Waals surface area (Å²) in [6.07, 6.45) is 0. The molecule has 0 unspecified atom stereocenters. The molecule has 5 heteroatoms. The zero-order valence-electron chi connectivity index (χ0n) is 10.5. The minimum absolute atomic E-state index is 0.0997. The molecule has 0 spiro atoms. The molecule has 102 valence electrons. The van der Waals surface area contributed by atoms with E-state index in [4.69, 9.17) is 28.9 Å². The third-order valence-corrected chi connectivity index (χ3v) is 3.92. The van der Waals surface area contributed by atoms with E-state index in [1.54, 1.807) is 23.1 Å². The molecular weight excluding hydrogens is 295 g/mol. The summed E-state index contributed by atoms with van der Waals surface area (Å²) in [7, 11) is 0. The van der Waals surface area contributed by atoms with Crippen LogP contribution in [0, 0.1) is 0 Å². The Balaban J connectivity index is 1.97. The Bertz CT molecular complexity index is 657. The van der Waals surface area contributed by atoms with E-state index in [-0.39, 0.29) is 11.9 Å². The highest BCUT2D eigenvalue weighted by atomic mass is 35.5. The van der Waals surface area contributed by atoms with E-state index in [0.29, 0.717) is 10.0 Å². The van der Waals surface area contributed by atoms with E-state index in [2.05, 4.69) is 0 Å². The molecule has 0 radical (unpaired) electrons. The molecule has 2 aromatic rings. The molecule has 1 saturated heterocycles. The van der Waals surface area contributed by atoms with Gasteiger partial charge < -0.3 is 10.6 Å². The van der Waals surface area contributed by atoms with Gasteiger partial charge in [-0.1, -0.05) is 35.3 Å². The highest BCUT2D eigenvalue weighted by Gasteiger charge is 2.46. The Hall–Kier alpha value is -1.55. The van der Waals surface area contributed by atoms with E-state index < -0.39 is 6.04 Å². The highest BCUT2D eigenvalue weighted by molar-refractivity contribution is 6.31. The SMILES string of the molecule is N[C@@H]1C(=O)N(c2ccc(Cl)cc2)[C@@H]1c1cccc(Cl)c1. The zero-order chi connectivity index (χ0) is 14.3. The van der Waals surface area contributed by atoms with E-state index in [0.717, 1.165) is 11.3 Å². The predicted molar refractivity (Wildman–Crippen MR) is 81.1 cm³/mol. The van der Waals surface area contributed by atoms with Crippen LogP contribution >= 0.6 is 23.2 Å². The summed E-state index contributed by atoms with van der Waals surface area (Å²) in [5.74, 6) is -0.0997. The molecule has 0 bridgehead atoms. The predicted octanol–water partition coefficient (Wildman–Crippen LogP) is 3.41. The first kappa shape index (κ1) is 13.4. The van der Waals surface area contributed by atoms with Gasteiger partial charge in [0.05, 0.1) is 6.04 Å². The fourth-order valence-corrected chi connectivity index (χ4v) is 2.77. The first-order valence-electron chi connectivity index (χ1n) is 6.17. The van der Waals surface area contributed by atoms with Gasteiger partial charge in [0.2, 0.25) is 5.91 Å². The standard InChI is InChI=1S/C15H12Cl2N2O/c16-10-4-6-12(7-5-10)19-14(13(18)15(19)20)9-2-1-3-11(17)8-9/h1-8,13-14H,18H2/t13-,14+/m0/s1. The second-order valence-electron chi connectivity index (χ2n) is 4.71. The van der Waals surface area contributed by atoms with Crippen molar-refractivity contribution in [3.8, 4) is 0 Å². The maximum Gasteiger partial charge on any atom is 0.247 e. The second kappa shape index (κ2) is 5.09. The summed E-state index contributed by atoms with van der Waals surface area (Å²) in [6.45, 7) is 0. The van der Waals surface area contributed by atoms with Crippen LogP contribution in [0.1, 0.15) is 11.6 Å². The topological polar surface area (TPSA) is 46.3 Å². The van der Waals surface area contributed by atoms with Crippen LogP contribution in [0.15, 0.2) is 48.5 Å². The second-order valence-corrected chi connectivity index (χ2v) is 5.58. The van der Waals surface area contributed by atoms with Crippen LogP contribution in [0.4, 0.5) is 5.69 Å². The van der Waals surface area contributed by atoms with E-state index in [9.17, 15) is 4.79 Å². The fourth-order valence-electron chi connectivity index (χ4n) is 2.45. The van der Waals surface area contributed by atoms with Crippen molar-refractivity contribution in [1.82, 2.24) is 0 Å². The zero-order valence-corrected chi connectivity index (χ0v) is 12.0. The summed E-state index contributed by atoms with van der Waals surface area (Å²) in [6, 6.07) is 13.8. The van der Waals surface area contributed by atoms with Gasteiger partial charge in [-0.2, -0.15) is 0 Å². The molecule has 3 rings (SSSR count). The van der Waals surface area contributed by atoms with Crippen molar-refractivity contribution in [2.24, 2.45) is 5.73 Å². The maximum absolute atomic E-state index is 12.1. The van der Waals surface area contributed by atoms with Crippen LogP contribution in [0.3, 0.4) is 0 Å². The Morgan fingerprint density at radius 1 is 1.00 bits per heavy atom. The molecule has 2 aromatic carbocycles. The highest BCUT2D eigenvalue weighted by Crippen LogP contribution is 2.38. The lowest BCUT2D eigenvalue weighted by atomic mass is 9.88. The minimum Gasteiger partial charge on any atom is -0.318 e. The summed E-state index contributed by atoms with van der Waals surface area (Å²) in [5.41, 5.74) is 7.66. The van der Waals surface area contributed by atoms with Gasteiger partial charge in [-0.3, -0.25) is 4.79 Å². The van der Waals surface area contributed by atoms with Crippen LogP contribution in [0.25, 0.3) is 0 Å². The van der Waals surface area contributed by atoms with Crippen LogP contribution in [-0.2, 0) is 4.79 Å². The van der Waals surface area contributed by atoms with Gasteiger partial charge in [-0.25, -0.2) is 0 Å². The van der Waals surface area contributed by atoms with Crippen molar-refractivity contribution < 1.29 is 4.79 Å². The van der Waals surface area contributed by atoms with Crippen LogP contribution in [0.2, 0.25) is 10.0 Å². The molecule has 1 aliphatic heterocycles. The number of halogens is 2. The molecule has 20 heavy (non-hydrogen) atoms. The quantitative estimate of drug-likeness (QED) is 0.864. The lowest BCUT2D eigenvalue weighted by molar-refractivity contribution is -0.126. The first-order valence-corrected chi connectivity index (χ1v) is 6.93. The Morgan fingerprint density at radius 2 is 1.70 bits per heavy atom. The van der Waals surface area contributed by atoms with E-state index in [1.165, 1.54) is 0 Å². The summed E-state index contributed by atoms with van der Waals surface area (Å²) in [5, 5.41) is 1.26. The van der Waals surface area contributed by atoms with Crippen LogP contribution < -0.4 is 10.6 Å². The average molecular weight is 307 g/mol. The number of amides is 1. The molecule has 2 atom stereocenters. The normalized spacial score (nSPS) is 21.8. The number of nitrogens with zero attached hydrogens (tertiary/aromatic N) is 1. The summed E-state index contributed by atoms with van der Waals surface area (Å²) in [4.78, 5) is 13.7. The first-order chi connectivity index (χ1) is 9.58. The van der Waals surface area contributed by atoms with Crippen molar-refractivity contribution in [2.45, 2.75) is 12.1 Å². The lowest BCUT2D eigenvalue weighted by Gasteiger charge is -2.45. The minimum atomic E-state index is -0.538. The number of rotatable bonds is 2. The summed E-state index contributed by atoms with van der Waals surface area (Å²) < 4.78 is 0. The van der Waals surface area contributed by atoms with Crippen molar-refractivity contribution in [2.75, 3.05) is 4.90 Å². The molecule has 2 N–H and O–H groups in total. The van der Waals surface area contributed by atoms with Gasteiger partial charge in [0.15, 0.2) is 0 Å². The number of carbonyl (C=O) groups is 1. The molecular formula is C15H12Cl2N2O. The van der Waals surface area contributed by atoms with Gasteiger partial charge >= 0.3 is 0 Å². The Labute approximate surface area is 126 Å². The fraction of sp³-hybridized carbons (Fsp3) is 0.133.